The molecule has 0 N–H and O–H groups in total. The molecule has 1 aliphatic carbocycles. The first-order valence-corrected chi connectivity index (χ1v) is 6.79. The van der Waals surface area contributed by atoms with Gasteiger partial charge in [0.15, 0.2) is 0 Å². The molecule has 0 aromatic heterocycles. The predicted molar refractivity (Wildman–Crippen MR) is 70.6 cm³/mol. The lowest BCUT2D eigenvalue weighted by Crippen LogP contribution is -2.44. The van der Waals surface area contributed by atoms with E-state index in [1.165, 1.54) is 11.1 Å². The minimum atomic E-state index is -0.332. The Kier molecular flexibility index (Phi) is 2.60. The van der Waals surface area contributed by atoms with Crippen molar-refractivity contribution in [1.82, 2.24) is 0 Å². The third-order valence-corrected chi connectivity index (χ3v) is 4.54. The average molecular weight is 244 g/mol. The van der Waals surface area contributed by atoms with Gasteiger partial charge in [0.1, 0.15) is 11.4 Å². The van der Waals surface area contributed by atoms with Gasteiger partial charge in [-0.05, 0) is 29.4 Å². The minimum absolute atomic E-state index is 0.186. The van der Waals surface area contributed by atoms with Gasteiger partial charge in [-0.2, -0.15) is 0 Å². The van der Waals surface area contributed by atoms with Crippen molar-refractivity contribution in [3.63, 3.8) is 0 Å². The molecule has 2 nitrogen and oxygen atoms in total. The number of carbonyl (C=O) groups is 1. The normalized spacial score (nSPS) is 30.2. The maximum atomic E-state index is 11.8. The number of ketones is 1. The molecule has 2 heteroatoms. The van der Waals surface area contributed by atoms with Gasteiger partial charge in [0, 0.05) is 12.8 Å². The number of benzene rings is 1. The Hall–Kier alpha value is -1.15. The predicted octanol–water partition coefficient (Wildman–Crippen LogP) is 3.33. The molecule has 1 aromatic rings. The Morgan fingerprint density at radius 2 is 1.83 bits per heavy atom. The summed E-state index contributed by atoms with van der Waals surface area (Å²) >= 11 is 0. The van der Waals surface area contributed by atoms with Gasteiger partial charge >= 0.3 is 0 Å². The van der Waals surface area contributed by atoms with Gasteiger partial charge in [-0.15, -0.1) is 0 Å². The maximum Gasteiger partial charge on any atom is 0.138 e. The summed E-state index contributed by atoms with van der Waals surface area (Å²) in [6.45, 7) is 5.14. The second-order valence-corrected chi connectivity index (χ2v) is 6.24. The van der Waals surface area contributed by atoms with Crippen LogP contribution in [0.1, 0.15) is 50.7 Å². The van der Waals surface area contributed by atoms with Crippen molar-refractivity contribution in [1.29, 1.82) is 0 Å². The van der Waals surface area contributed by atoms with Crippen LogP contribution in [-0.2, 0) is 20.5 Å². The molecule has 1 spiro atoms. The Balaban J connectivity index is 2.12. The van der Waals surface area contributed by atoms with Gasteiger partial charge in [-0.1, -0.05) is 38.1 Å². The van der Waals surface area contributed by atoms with E-state index >= 15 is 0 Å². The summed E-state index contributed by atoms with van der Waals surface area (Å²) in [7, 11) is 0. The van der Waals surface area contributed by atoms with Crippen LogP contribution in [0.25, 0.3) is 0 Å². The summed E-state index contributed by atoms with van der Waals surface area (Å²) in [6.07, 6.45) is 3.17. The molecule has 1 fully saturated rings. The van der Waals surface area contributed by atoms with Crippen molar-refractivity contribution in [2.24, 2.45) is 0 Å². The van der Waals surface area contributed by atoms with E-state index in [-0.39, 0.29) is 11.0 Å². The molecule has 0 amide bonds. The van der Waals surface area contributed by atoms with Crippen LogP contribution in [0.4, 0.5) is 0 Å². The van der Waals surface area contributed by atoms with Crippen LogP contribution in [-0.4, -0.2) is 12.4 Å². The number of fused-ring (bicyclic) bond motifs is 2. The summed E-state index contributed by atoms with van der Waals surface area (Å²) in [5, 5.41) is 0. The van der Waals surface area contributed by atoms with Gasteiger partial charge in [0.05, 0.1) is 6.61 Å². The molecule has 96 valence electrons. The van der Waals surface area contributed by atoms with Gasteiger partial charge < -0.3 is 4.74 Å². The van der Waals surface area contributed by atoms with E-state index in [4.69, 9.17) is 4.74 Å². The number of rotatable bonds is 0. The summed E-state index contributed by atoms with van der Waals surface area (Å²) < 4.78 is 6.08. The minimum Gasteiger partial charge on any atom is -0.369 e. The number of Topliss-reactive ketones (excluding diaryl/α,β-unsaturated/α-hetero) is 1. The molecule has 1 aromatic carbocycles. The van der Waals surface area contributed by atoms with Gasteiger partial charge in [0.2, 0.25) is 0 Å². The number of ether oxygens (including phenoxy) is 1. The monoisotopic (exact) mass is 244 g/mol. The molecule has 1 saturated heterocycles. The van der Waals surface area contributed by atoms with Crippen LogP contribution < -0.4 is 0 Å². The number of hydrogen-bond donors (Lipinski definition) is 0. The Morgan fingerprint density at radius 1 is 1.11 bits per heavy atom. The van der Waals surface area contributed by atoms with Crippen LogP contribution in [0.3, 0.4) is 0 Å². The number of carbonyl (C=O) groups excluding carboxylic acids is 1. The first kappa shape index (κ1) is 11.9. The molecule has 0 saturated carbocycles. The van der Waals surface area contributed by atoms with Gasteiger partial charge in [-0.25, -0.2) is 0 Å². The van der Waals surface area contributed by atoms with E-state index in [2.05, 4.69) is 38.1 Å². The van der Waals surface area contributed by atoms with Crippen molar-refractivity contribution >= 4 is 5.78 Å². The van der Waals surface area contributed by atoms with E-state index in [0.717, 1.165) is 12.8 Å². The molecule has 1 heterocycles. The third-order valence-electron chi connectivity index (χ3n) is 4.54. The van der Waals surface area contributed by atoms with Crippen LogP contribution >= 0.6 is 0 Å². The smallest absolute Gasteiger partial charge is 0.138 e. The number of hydrogen-bond acceptors (Lipinski definition) is 2. The van der Waals surface area contributed by atoms with Crippen LogP contribution in [0.2, 0.25) is 0 Å². The topological polar surface area (TPSA) is 26.3 Å². The Bertz CT molecular complexity index is 490. The molecule has 1 atom stereocenters. The zero-order chi connectivity index (χ0) is 12.8. The molecule has 2 aliphatic rings. The summed E-state index contributed by atoms with van der Waals surface area (Å²) in [6, 6.07) is 8.49. The van der Waals surface area contributed by atoms with Gasteiger partial charge in [0.25, 0.3) is 0 Å². The summed E-state index contributed by atoms with van der Waals surface area (Å²) in [5.41, 5.74) is 2.45. The zero-order valence-electron chi connectivity index (χ0n) is 11.2. The second kappa shape index (κ2) is 3.92. The fourth-order valence-electron chi connectivity index (χ4n) is 3.41. The van der Waals surface area contributed by atoms with Crippen molar-refractivity contribution < 1.29 is 9.53 Å². The highest BCUT2D eigenvalue weighted by Crippen LogP contribution is 2.49. The van der Waals surface area contributed by atoms with E-state index in [9.17, 15) is 4.79 Å². The van der Waals surface area contributed by atoms with E-state index in [0.29, 0.717) is 25.2 Å². The molecule has 3 rings (SSSR count). The highest BCUT2D eigenvalue weighted by molar-refractivity contribution is 5.80. The second-order valence-electron chi connectivity index (χ2n) is 6.24. The average Bonchev–Trinajstić information content (AvgIpc) is 2.36. The van der Waals surface area contributed by atoms with Crippen LogP contribution in [0.15, 0.2) is 24.3 Å². The standard InChI is InChI=1S/C16H20O2/c1-15(2)8-9-16(11-12(17)7-10-18-16)14-6-4-3-5-13(14)15/h3-6H,7-11H2,1-2H3. The summed E-state index contributed by atoms with van der Waals surface area (Å²) in [4.78, 5) is 11.8. The molecule has 0 radical (unpaired) electrons. The molecule has 18 heavy (non-hydrogen) atoms. The fourth-order valence-corrected chi connectivity index (χ4v) is 3.41. The highest BCUT2D eigenvalue weighted by Gasteiger charge is 2.46. The van der Waals surface area contributed by atoms with E-state index in [1.807, 2.05) is 0 Å². The molecular formula is C16H20O2. The van der Waals surface area contributed by atoms with Gasteiger partial charge in [-0.3, -0.25) is 4.79 Å². The van der Waals surface area contributed by atoms with Crippen LogP contribution in [0, 0.1) is 0 Å². The van der Waals surface area contributed by atoms with E-state index < -0.39 is 0 Å². The lowest BCUT2D eigenvalue weighted by atomic mass is 9.65. The quantitative estimate of drug-likeness (QED) is 0.699. The molecule has 1 aliphatic heterocycles. The first-order chi connectivity index (χ1) is 8.54. The van der Waals surface area contributed by atoms with Crippen molar-refractivity contribution in [3.8, 4) is 0 Å². The maximum absolute atomic E-state index is 11.8. The zero-order valence-corrected chi connectivity index (χ0v) is 11.2. The van der Waals surface area contributed by atoms with Crippen molar-refractivity contribution in [2.75, 3.05) is 6.61 Å². The first-order valence-electron chi connectivity index (χ1n) is 6.79. The fraction of sp³-hybridized carbons (Fsp3) is 0.562. The SMILES string of the molecule is CC1(C)CCC2(CC(=O)CCO2)c2ccccc21. The lowest BCUT2D eigenvalue weighted by Gasteiger charge is -2.46. The highest BCUT2D eigenvalue weighted by atomic mass is 16.5. The molecule has 1 unspecified atom stereocenters. The van der Waals surface area contributed by atoms with Crippen molar-refractivity contribution in [2.45, 2.75) is 50.5 Å². The van der Waals surface area contributed by atoms with E-state index in [1.54, 1.807) is 0 Å². The lowest BCUT2D eigenvalue weighted by molar-refractivity contribution is -0.145. The largest absolute Gasteiger partial charge is 0.369 e. The Morgan fingerprint density at radius 3 is 2.56 bits per heavy atom. The molecular weight excluding hydrogens is 224 g/mol. The molecule has 0 bridgehead atoms. The van der Waals surface area contributed by atoms with Crippen LogP contribution in [0.5, 0.6) is 0 Å². The Labute approximate surface area is 108 Å². The summed E-state index contributed by atoms with van der Waals surface area (Å²) in [5.74, 6) is 0.343. The van der Waals surface area contributed by atoms with Crippen molar-refractivity contribution in [3.05, 3.63) is 35.4 Å². The third kappa shape index (κ3) is 1.71.